The van der Waals surface area contributed by atoms with E-state index in [0.717, 1.165) is 25.2 Å². The molecule has 2 heterocycles. The molecule has 1 fully saturated rings. The van der Waals surface area contributed by atoms with Crippen molar-refractivity contribution in [2.75, 3.05) is 32.7 Å². The summed E-state index contributed by atoms with van der Waals surface area (Å²) in [6.07, 6.45) is 4.22. The van der Waals surface area contributed by atoms with Gasteiger partial charge in [0.15, 0.2) is 0 Å². The molecule has 0 spiro atoms. The van der Waals surface area contributed by atoms with Gasteiger partial charge in [-0.15, -0.1) is 0 Å². The van der Waals surface area contributed by atoms with Crippen molar-refractivity contribution in [3.05, 3.63) is 92.3 Å². The fourth-order valence-electron chi connectivity index (χ4n) is 3.70. The number of piperazine rings is 1. The number of quaternary nitrogens is 1. The van der Waals surface area contributed by atoms with Crippen molar-refractivity contribution >= 4 is 28.6 Å². The molecule has 8 heteroatoms. The second-order valence-corrected chi connectivity index (χ2v) is 7.49. The summed E-state index contributed by atoms with van der Waals surface area (Å²) in [4.78, 5) is 38.7. The summed E-state index contributed by atoms with van der Waals surface area (Å²) in [5, 5.41) is 11.3. The normalized spacial score (nSPS) is 14.9. The number of benzene rings is 2. The van der Waals surface area contributed by atoms with Crippen molar-refractivity contribution in [1.82, 2.24) is 4.90 Å². The van der Waals surface area contributed by atoms with Crippen molar-refractivity contribution in [3.8, 4) is 0 Å². The van der Waals surface area contributed by atoms with Crippen molar-refractivity contribution < 1.29 is 19.0 Å². The molecule has 1 aliphatic heterocycles. The van der Waals surface area contributed by atoms with Crippen molar-refractivity contribution in [2.24, 2.45) is 0 Å². The molecular formula is C23H22N3O5+. The Morgan fingerprint density at radius 3 is 2.58 bits per heavy atom. The highest BCUT2D eigenvalue weighted by Crippen LogP contribution is 2.21. The predicted octanol–water partition coefficient (Wildman–Crippen LogP) is 1.76. The number of nitro groups is 1. The number of hydrogen-bond acceptors (Lipinski definition) is 5. The number of amides is 1. The Morgan fingerprint density at radius 1 is 1.13 bits per heavy atom. The number of nitrogens with one attached hydrogen (secondary N) is 1. The van der Waals surface area contributed by atoms with Gasteiger partial charge in [0, 0.05) is 17.5 Å². The molecule has 0 bridgehead atoms. The van der Waals surface area contributed by atoms with E-state index in [1.807, 2.05) is 30.3 Å². The van der Waals surface area contributed by atoms with Gasteiger partial charge in [-0.3, -0.25) is 14.9 Å². The Morgan fingerprint density at radius 2 is 1.87 bits per heavy atom. The summed E-state index contributed by atoms with van der Waals surface area (Å²) >= 11 is 0. The Balaban J connectivity index is 1.41. The van der Waals surface area contributed by atoms with Gasteiger partial charge in [0.25, 0.3) is 11.6 Å². The number of nitrogens with zero attached hydrogens (tertiary/aromatic N) is 2. The first-order valence-corrected chi connectivity index (χ1v) is 10.1. The van der Waals surface area contributed by atoms with Gasteiger partial charge in [-0.25, -0.2) is 4.79 Å². The van der Waals surface area contributed by atoms with Crippen LogP contribution >= 0.6 is 0 Å². The van der Waals surface area contributed by atoms with Gasteiger partial charge >= 0.3 is 5.63 Å². The van der Waals surface area contributed by atoms with Crippen molar-refractivity contribution in [2.45, 2.75) is 0 Å². The lowest BCUT2D eigenvalue weighted by atomic mass is 10.1. The first-order chi connectivity index (χ1) is 15.0. The van der Waals surface area contributed by atoms with E-state index in [9.17, 15) is 19.7 Å². The van der Waals surface area contributed by atoms with E-state index in [1.165, 1.54) is 29.2 Å². The highest BCUT2D eigenvalue weighted by atomic mass is 16.6. The van der Waals surface area contributed by atoms with E-state index in [1.54, 1.807) is 4.90 Å². The molecule has 3 aromatic rings. The number of non-ortho nitro benzene ring substituents is 1. The number of carbonyl (C=O) groups excluding carboxylic acids is 1. The Kier molecular flexibility index (Phi) is 5.90. The molecule has 0 atom stereocenters. The van der Waals surface area contributed by atoms with Crippen LogP contribution in [0.1, 0.15) is 15.9 Å². The minimum Gasteiger partial charge on any atom is -0.422 e. The van der Waals surface area contributed by atoms with E-state index in [0.29, 0.717) is 18.5 Å². The highest BCUT2D eigenvalue weighted by Gasteiger charge is 2.26. The van der Waals surface area contributed by atoms with Crippen LogP contribution in [0.5, 0.6) is 0 Å². The number of carbonyl (C=O) groups is 1. The topological polar surface area (TPSA) is 98.1 Å². The quantitative estimate of drug-likeness (QED) is 0.385. The zero-order valence-electron chi connectivity index (χ0n) is 16.8. The fourth-order valence-corrected chi connectivity index (χ4v) is 3.70. The van der Waals surface area contributed by atoms with Gasteiger partial charge in [0.05, 0.1) is 37.6 Å². The second-order valence-electron chi connectivity index (χ2n) is 7.49. The number of fused-ring (bicyclic) bond motifs is 1. The minimum absolute atomic E-state index is 0.0968. The lowest BCUT2D eigenvalue weighted by Crippen LogP contribution is -3.14. The van der Waals surface area contributed by atoms with Gasteiger partial charge in [-0.05, 0) is 23.8 Å². The minimum atomic E-state index is -0.730. The summed E-state index contributed by atoms with van der Waals surface area (Å²) in [5.74, 6) is -0.402. The highest BCUT2D eigenvalue weighted by molar-refractivity contribution is 5.97. The lowest BCUT2D eigenvalue weighted by molar-refractivity contribution is -0.898. The molecule has 0 aliphatic carbocycles. The van der Waals surface area contributed by atoms with E-state index >= 15 is 0 Å². The predicted molar refractivity (Wildman–Crippen MR) is 116 cm³/mol. The molecule has 2 aromatic carbocycles. The Bertz CT molecular complexity index is 1190. The maximum Gasteiger partial charge on any atom is 0.349 e. The summed E-state index contributed by atoms with van der Waals surface area (Å²) in [5.41, 5.74) is 0.415. The number of nitro benzene ring substituents is 1. The molecule has 0 unspecified atom stereocenters. The van der Waals surface area contributed by atoms with Gasteiger partial charge in [0.2, 0.25) is 0 Å². The number of hydrogen-bond donors (Lipinski definition) is 1. The van der Waals surface area contributed by atoms with Crippen LogP contribution < -0.4 is 10.5 Å². The fraction of sp³-hybridized carbons (Fsp3) is 0.217. The number of rotatable bonds is 5. The van der Waals surface area contributed by atoms with Crippen LogP contribution in [-0.2, 0) is 0 Å². The first kappa shape index (κ1) is 20.5. The summed E-state index contributed by atoms with van der Waals surface area (Å²) in [6, 6.07) is 15.4. The van der Waals surface area contributed by atoms with Gasteiger partial charge < -0.3 is 14.2 Å². The van der Waals surface area contributed by atoms with Crippen LogP contribution in [0.4, 0.5) is 5.69 Å². The van der Waals surface area contributed by atoms with Crippen molar-refractivity contribution in [3.63, 3.8) is 0 Å². The second kappa shape index (κ2) is 8.93. The molecular weight excluding hydrogens is 398 g/mol. The standard InChI is InChI=1S/C23H21N3O5/c27-22(20-16-18-15-19(26(29)30)8-9-21(18)31-23(20)28)25-13-11-24(12-14-25)10-4-7-17-5-2-1-3-6-17/h1-9,15-16H,10-14H2/p+1/b7-4-. The van der Waals surface area contributed by atoms with Gasteiger partial charge in [0.1, 0.15) is 11.1 Å². The van der Waals surface area contributed by atoms with Crippen LogP contribution in [0.3, 0.4) is 0 Å². The van der Waals surface area contributed by atoms with E-state index in [-0.39, 0.29) is 16.8 Å². The van der Waals surface area contributed by atoms with Crippen LogP contribution in [0.2, 0.25) is 0 Å². The van der Waals surface area contributed by atoms with Crippen LogP contribution in [0.15, 0.2) is 69.9 Å². The summed E-state index contributed by atoms with van der Waals surface area (Å²) in [6.45, 7) is 3.46. The largest absolute Gasteiger partial charge is 0.422 e. The van der Waals surface area contributed by atoms with Gasteiger partial charge in [-0.1, -0.05) is 36.4 Å². The summed E-state index contributed by atoms with van der Waals surface area (Å²) < 4.78 is 5.22. The van der Waals surface area contributed by atoms with Crippen LogP contribution in [-0.4, -0.2) is 48.5 Å². The third-order valence-electron chi connectivity index (χ3n) is 5.43. The SMILES string of the molecule is O=C(c1cc2cc([N+](=O)[O-])ccc2oc1=O)N1CC[NH+](C/C=C\c2ccccc2)CC1. The Labute approximate surface area is 178 Å². The molecule has 0 saturated carbocycles. The van der Waals surface area contributed by atoms with E-state index in [2.05, 4.69) is 12.2 Å². The molecule has 1 aliphatic rings. The summed E-state index contributed by atoms with van der Waals surface area (Å²) in [7, 11) is 0. The first-order valence-electron chi connectivity index (χ1n) is 10.1. The molecule has 8 nitrogen and oxygen atoms in total. The van der Waals surface area contributed by atoms with Crippen LogP contribution in [0, 0.1) is 10.1 Å². The van der Waals surface area contributed by atoms with E-state index < -0.39 is 16.5 Å². The average Bonchev–Trinajstić information content (AvgIpc) is 2.79. The third-order valence-corrected chi connectivity index (χ3v) is 5.43. The maximum absolute atomic E-state index is 12.9. The van der Waals surface area contributed by atoms with E-state index in [4.69, 9.17) is 4.42 Å². The molecule has 1 N–H and O–H groups in total. The average molecular weight is 420 g/mol. The zero-order valence-corrected chi connectivity index (χ0v) is 16.8. The molecule has 1 saturated heterocycles. The van der Waals surface area contributed by atoms with Gasteiger partial charge in [-0.2, -0.15) is 0 Å². The smallest absolute Gasteiger partial charge is 0.349 e. The molecule has 1 amide bonds. The molecule has 0 radical (unpaired) electrons. The van der Waals surface area contributed by atoms with Crippen LogP contribution in [0.25, 0.3) is 17.0 Å². The Hall–Kier alpha value is -3.78. The zero-order chi connectivity index (χ0) is 21.8. The maximum atomic E-state index is 12.9. The lowest BCUT2D eigenvalue weighted by Gasteiger charge is -2.31. The monoisotopic (exact) mass is 420 g/mol. The van der Waals surface area contributed by atoms with Crippen molar-refractivity contribution in [1.29, 1.82) is 0 Å². The molecule has 31 heavy (non-hydrogen) atoms. The molecule has 158 valence electrons. The molecule has 1 aromatic heterocycles. The molecule has 4 rings (SSSR count). The third kappa shape index (κ3) is 4.70.